The van der Waals surface area contributed by atoms with Crippen LogP contribution in [0, 0.1) is 5.92 Å². The summed E-state index contributed by atoms with van der Waals surface area (Å²) in [7, 11) is 0. The largest absolute Gasteiger partial charge is 0.333 e. The molecule has 1 aromatic rings. The lowest BCUT2D eigenvalue weighted by Crippen LogP contribution is -2.26. The summed E-state index contributed by atoms with van der Waals surface area (Å²) in [5, 5.41) is 3.61. The number of nitrogens with zero attached hydrogens (tertiary/aromatic N) is 2. The van der Waals surface area contributed by atoms with Crippen LogP contribution < -0.4 is 5.32 Å². The molecule has 0 radical (unpaired) electrons. The van der Waals surface area contributed by atoms with Crippen molar-refractivity contribution in [1.82, 2.24) is 14.9 Å². The van der Waals surface area contributed by atoms with Crippen molar-refractivity contribution in [2.45, 2.75) is 52.6 Å². The van der Waals surface area contributed by atoms with Crippen molar-refractivity contribution in [3.63, 3.8) is 0 Å². The quantitative estimate of drug-likeness (QED) is 0.850. The molecule has 0 amide bonds. The van der Waals surface area contributed by atoms with Gasteiger partial charge in [-0.3, -0.25) is 0 Å². The van der Waals surface area contributed by atoms with Crippen molar-refractivity contribution in [3.8, 4) is 0 Å². The van der Waals surface area contributed by atoms with Crippen molar-refractivity contribution in [1.29, 1.82) is 0 Å². The number of rotatable bonds is 3. The third-order valence-corrected chi connectivity index (χ3v) is 3.25. The Hall–Kier alpha value is -0.830. The van der Waals surface area contributed by atoms with Crippen LogP contribution >= 0.6 is 0 Å². The van der Waals surface area contributed by atoms with Crippen LogP contribution in [0.5, 0.6) is 0 Å². The maximum absolute atomic E-state index is 4.80. The summed E-state index contributed by atoms with van der Waals surface area (Å²) in [6.07, 6.45) is 5.74. The van der Waals surface area contributed by atoms with E-state index in [1.165, 1.54) is 24.4 Å². The number of hydrogen-bond donors (Lipinski definition) is 1. The van der Waals surface area contributed by atoms with Gasteiger partial charge in [-0.1, -0.05) is 27.2 Å². The van der Waals surface area contributed by atoms with Gasteiger partial charge in [-0.15, -0.1) is 0 Å². The molecule has 0 saturated heterocycles. The summed E-state index contributed by atoms with van der Waals surface area (Å²) in [4.78, 5) is 4.80. The third kappa shape index (κ3) is 2.29. The highest BCUT2D eigenvalue weighted by atomic mass is 15.1. The van der Waals surface area contributed by atoms with E-state index in [1.54, 1.807) is 0 Å². The first-order valence-corrected chi connectivity index (χ1v) is 6.51. The average molecular weight is 221 g/mol. The molecule has 0 aliphatic carbocycles. The highest BCUT2D eigenvalue weighted by Gasteiger charge is 2.23. The van der Waals surface area contributed by atoms with Crippen LogP contribution in [0.1, 0.15) is 51.2 Å². The first-order valence-electron chi connectivity index (χ1n) is 6.51. The highest BCUT2D eigenvalue weighted by Crippen LogP contribution is 2.24. The maximum atomic E-state index is 4.80. The Morgan fingerprint density at radius 1 is 1.56 bits per heavy atom. The zero-order chi connectivity index (χ0) is 11.5. The van der Waals surface area contributed by atoms with Gasteiger partial charge in [0.2, 0.25) is 0 Å². The van der Waals surface area contributed by atoms with E-state index in [0.717, 1.165) is 19.5 Å². The molecule has 1 aromatic heterocycles. The smallest absolute Gasteiger partial charge is 0.126 e. The van der Waals surface area contributed by atoms with Crippen LogP contribution in [0.15, 0.2) is 6.20 Å². The number of aromatic nitrogens is 2. The minimum Gasteiger partial charge on any atom is -0.333 e. The Labute approximate surface area is 98.3 Å². The lowest BCUT2D eigenvalue weighted by atomic mass is 10.0. The molecule has 0 saturated carbocycles. The van der Waals surface area contributed by atoms with E-state index in [1.807, 2.05) is 0 Å². The second-order valence-corrected chi connectivity index (χ2v) is 5.06. The summed E-state index contributed by atoms with van der Waals surface area (Å²) >= 11 is 0. The fraction of sp³-hybridized carbons (Fsp3) is 0.769. The van der Waals surface area contributed by atoms with Crippen molar-refractivity contribution in [2.24, 2.45) is 5.92 Å². The SMILES string of the molecule is CCCc1cn2c(n1)[C@H](C(C)C)NCCC2. The van der Waals surface area contributed by atoms with Crippen LogP contribution in [0.4, 0.5) is 0 Å². The molecular formula is C13H23N3. The van der Waals surface area contributed by atoms with Gasteiger partial charge in [0.1, 0.15) is 5.82 Å². The number of hydrogen-bond acceptors (Lipinski definition) is 2. The van der Waals surface area contributed by atoms with E-state index in [2.05, 4.69) is 36.9 Å². The van der Waals surface area contributed by atoms with Gasteiger partial charge in [0.05, 0.1) is 11.7 Å². The number of fused-ring (bicyclic) bond motifs is 1. The van der Waals surface area contributed by atoms with Gasteiger partial charge in [0, 0.05) is 12.7 Å². The number of nitrogens with one attached hydrogen (secondary N) is 1. The topological polar surface area (TPSA) is 29.9 Å². The molecule has 2 heterocycles. The second kappa shape index (κ2) is 5.00. The monoisotopic (exact) mass is 221 g/mol. The second-order valence-electron chi connectivity index (χ2n) is 5.06. The predicted molar refractivity (Wildman–Crippen MR) is 66.4 cm³/mol. The first-order chi connectivity index (χ1) is 7.72. The Morgan fingerprint density at radius 3 is 3.06 bits per heavy atom. The third-order valence-electron chi connectivity index (χ3n) is 3.25. The van der Waals surface area contributed by atoms with E-state index in [4.69, 9.17) is 4.98 Å². The lowest BCUT2D eigenvalue weighted by molar-refractivity contribution is 0.405. The molecule has 16 heavy (non-hydrogen) atoms. The number of imidazole rings is 1. The van der Waals surface area contributed by atoms with Gasteiger partial charge in [-0.25, -0.2) is 4.98 Å². The van der Waals surface area contributed by atoms with Crippen LogP contribution in [0.2, 0.25) is 0 Å². The molecule has 0 spiro atoms. The summed E-state index contributed by atoms with van der Waals surface area (Å²) in [6.45, 7) is 8.96. The molecule has 1 aliphatic heterocycles. The van der Waals surface area contributed by atoms with E-state index >= 15 is 0 Å². The molecule has 0 unspecified atom stereocenters. The standard InChI is InChI=1S/C13H23N3/c1-4-6-11-9-16-8-5-7-14-12(10(2)3)13(16)15-11/h9-10,12,14H,4-8H2,1-3H3/t12-/m0/s1. The van der Waals surface area contributed by atoms with Crippen molar-refractivity contribution in [3.05, 3.63) is 17.7 Å². The molecule has 3 heteroatoms. The van der Waals surface area contributed by atoms with Crippen LogP contribution in [0.3, 0.4) is 0 Å². The summed E-state index contributed by atoms with van der Waals surface area (Å²) in [6, 6.07) is 0.424. The van der Waals surface area contributed by atoms with E-state index in [9.17, 15) is 0 Å². The predicted octanol–water partition coefficient (Wildman–Crippen LogP) is 2.53. The zero-order valence-corrected chi connectivity index (χ0v) is 10.7. The Bertz CT molecular complexity index is 341. The summed E-state index contributed by atoms with van der Waals surface area (Å²) < 4.78 is 2.36. The van der Waals surface area contributed by atoms with Crippen LogP contribution in [0.25, 0.3) is 0 Å². The fourth-order valence-electron chi connectivity index (χ4n) is 2.42. The number of aryl methyl sites for hydroxylation is 2. The molecule has 0 aromatic carbocycles. The van der Waals surface area contributed by atoms with Gasteiger partial charge < -0.3 is 9.88 Å². The lowest BCUT2D eigenvalue weighted by Gasteiger charge is -2.19. The van der Waals surface area contributed by atoms with Crippen LogP contribution in [-0.4, -0.2) is 16.1 Å². The summed E-state index contributed by atoms with van der Waals surface area (Å²) in [5.41, 5.74) is 1.26. The molecule has 90 valence electrons. The minimum atomic E-state index is 0.424. The van der Waals surface area contributed by atoms with Crippen molar-refractivity contribution in [2.75, 3.05) is 6.54 Å². The molecule has 1 atom stereocenters. The molecule has 0 bridgehead atoms. The van der Waals surface area contributed by atoms with Crippen LogP contribution in [-0.2, 0) is 13.0 Å². The average Bonchev–Trinajstić information content (AvgIpc) is 2.51. The summed E-state index contributed by atoms with van der Waals surface area (Å²) in [5.74, 6) is 1.85. The molecule has 3 nitrogen and oxygen atoms in total. The first kappa shape index (κ1) is 11.6. The molecule has 0 fully saturated rings. The molecular weight excluding hydrogens is 198 g/mol. The van der Waals surface area contributed by atoms with Gasteiger partial charge in [-0.2, -0.15) is 0 Å². The maximum Gasteiger partial charge on any atom is 0.126 e. The van der Waals surface area contributed by atoms with Gasteiger partial charge >= 0.3 is 0 Å². The van der Waals surface area contributed by atoms with E-state index in [0.29, 0.717) is 12.0 Å². The van der Waals surface area contributed by atoms with Crippen molar-refractivity contribution >= 4 is 0 Å². The highest BCUT2D eigenvalue weighted by molar-refractivity contribution is 5.10. The molecule has 2 rings (SSSR count). The Morgan fingerprint density at radius 2 is 2.38 bits per heavy atom. The van der Waals surface area contributed by atoms with E-state index in [-0.39, 0.29) is 0 Å². The van der Waals surface area contributed by atoms with Gasteiger partial charge in [-0.05, 0) is 25.3 Å². The van der Waals surface area contributed by atoms with Crippen molar-refractivity contribution < 1.29 is 0 Å². The molecule has 1 aliphatic rings. The minimum absolute atomic E-state index is 0.424. The van der Waals surface area contributed by atoms with Gasteiger partial charge in [0.25, 0.3) is 0 Å². The Kier molecular flexibility index (Phi) is 3.64. The normalized spacial score (nSPS) is 20.9. The Balaban J connectivity index is 2.28. The zero-order valence-electron chi connectivity index (χ0n) is 10.7. The van der Waals surface area contributed by atoms with Gasteiger partial charge in [0.15, 0.2) is 0 Å². The van der Waals surface area contributed by atoms with E-state index < -0.39 is 0 Å². The fourth-order valence-corrected chi connectivity index (χ4v) is 2.42. The molecule has 1 N–H and O–H groups in total.